The van der Waals surface area contributed by atoms with Crippen LogP contribution in [0.3, 0.4) is 0 Å². The summed E-state index contributed by atoms with van der Waals surface area (Å²) < 4.78 is 26.9. The molecule has 3 heterocycles. The normalized spacial score (nSPS) is 23.9. The standard InChI is InChI=1S/C27H29FN6O2/c1-15(21-6-4-12-34(21)2)35-22-8-11-31-26(32-22)24-17-5-3-9-27(25(17)33-36-24)10-7-16-19(28)13-20(30)18(14-29)23(16)27/h8,11,13,15,21H,3-7,9-10,12,30H2,1-2H3. The molecule has 0 bridgehead atoms. The van der Waals surface area contributed by atoms with E-state index in [4.69, 9.17) is 15.0 Å². The molecule has 0 saturated carbocycles. The minimum Gasteiger partial charge on any atom is -0.473 e. The van der Waals surface area contributed by atoms with Crippen molar-refractivity contribution in [2.75, 3.05) is 19.3 Å². The average Bonchev–Trinajstić information content (AvgIpc) is 3.58. The Morgan fingerprint density at radius 2 is 2.17 bits per heavy atom. The van der Waals surface area contributed by atoms with Crippen LogP contribution in [0.2, 0.25) is 0 Å². The minimum absolute atomic E-state index is 0.00749. The van der Waals surface area contributed by atoms with Gasteiger partial charge in [-0.25, -0.2) is 9.37 Å². The van der Waals surface area contributed by atoms with Crippen LogP contribution >= 0.6 is 0 Å². The SMILES string of the molecule is CC(Oc1ccnc(-c2onc3c2CCCC32CCc3c(F)cc(N)c(C#N)c32)n1)C1CCCN1C. The van der Waals surface area contributed by atoms with Gasteiger partial charge in [-0.2, -0.15) is 10.2 Å². The fourth-order valence-electron chi connectivity index (χ4n) is 6.65. The van der Waals surface area contributed by atoms with E-state index in [-0.39, 0.29) is 17.6 Å². The van der Waals surface area contributed by atoms with E-state index in [1.54, 1.807) is 12.3 Å². The lowest BCUT2D eigenvalue weighted by atomic mass is 9.68. The van der Waals surface area contributed by atoms with Gasteiger partial charge >= 0.3 is 0 Å². The topological polar surface area (TPSA) is 114 Å². The zero-order chi connectivity index (χ0) is 25.0. The first-order chi connectivity index (χ1) is 17.4. The molecule has 3 aromatic rings. The number of likely N-dealkylation sites (tertiary alicyclic amines) is 1. The number of nitrogens with zero attached hydrogens (tertiary/aromatic N) is 5. The molecule has 6 rings (SSSR count). The smallest absolute Gasteiger partial charge is 0.217 e. The van der Waals surface area contributed by atoms with E-state index in [2.05, 4.69) is 40.1 Å². The molecule has 9 heteroatoms. The fourth-order valence-corrected chi connectivity index (χ4v) is 6.65. The highest BCUT2D eigenvalue weighted by Gasteiger charge is 2.49. The predicted molar refractivity (Wildman–Crippen MR) is 131 cm³/mol. The molecule has 1 aromatic carbocycles. The second-order valence-electron chi connectivity index (χ2n) is 10.3. The van der Waals surface area contributed by atoms with Gasteiger partial charge in [0.1, 0.15) is 18.0 Å². The number of nitrogens with two attached hydrogens (primary N) is 1. The van der Waals surface area contributed by atoms with Crippen molar-refractivity contribution in [2.45, 2.75) is 69.4 Å². The van der Waals surface area contributed by atoms with Crippen molar-refractivity contribution in [1.29, 1.82) is 5.26 Å². The van der Waals surface area contributed by atoms with Crippen molar-refractivity contribution in [3.63, 3.8) is 0 Å². The molecule has 3 atom stereocenters. The van der Waals surface area contributed by atoms with Crippen LogP contribution in [0.25, 0.3) is 11.6 Å². The van der Waals surface area contributed by atoms with E-state index >= 15 is 0 Å². The van der Waals surface area contributed by atoms with Gasteiger partial charge in [0, 0.05) is 29.3 Å². The molecule has 0 radical (unpaired) electrons. The van der Waals surface area contributed by atoms with Crippen LogP contribution in [0.15, 0.2) is 22.9 Å². The third-order valence-electron chi connectivity index (χ3n) is 8.33. The van der Waals surface area contributed by atoms with Gasteiger partial charge in [-0.1, -0.05) is 5.16 Å². The van der Waals surface area contributed by atoms with E-state index < -0.39 is 5.41 Å². The Kier molecular flexibility index (Phi) is 5.45. The molecule has 2 N–H and O–H groups in total. The van der Waals surface area contributed by atoms with Crippen LogP contribution in [0.5, 0.6) is 5.88 Å². The number of nitriles is 1. The second-order valence-corrected chi connectivity index (χ2v) is 10.3. The van der Waals surface area contributed by atoms with Crippen LogP contribution in [0.1, 0.15) is 67.0 Å². The van der Waals surface area contributed by atoms with Gasteiger partial charge in [0.25, 0.3) is 0 Å². The molecule has 0 amide bonds. The Balaban J connectivity index is 1.38. The van der Waals surface area contributed by atoms with Crippen molar-refractivity contribution < 1.29 is 13.7 Å². The van der Waals surface area contributed by atoms with E-state index in [0.29, 0.717) is 53.0 Å². The molecule has 1 spiro atoms. The summed E-state index contributed by atoms with van der Waals surface area (Å²) in [5.41, 5.74) is 8.91. The molecule has 1 saturated heterocycles. The highest BCUT2D eigenvalue weighted by molar-refractivity contribution is 5.68. The van der Waals surface area contributed by atoms with Gasteiger partial charge in [-0.15, -0.1) is 0 Å². The van der Waals surface area contributed by atoms with Gasteiger partial charge in [-0.3, -0.25) is 4.90 Å². The lowest BCUT2D eigenvalue weighted by molar-refractivity contribution is 0.117. The third-order valence-corrected chi connectivity index (χ3v) is 8.33. The monoisotopic (exact) mass is 488 g/mol. The number of ether oxygens (including phenoxy) is 1. The zero-order valence-corrected chi connectivity index (χ0v) is 20.6. The average molecular weight is 489 g/mol. The summed E-state index contributed by atoms with van der Waals surface area (Å²) in [7, 11) is 2.12. The number of nitrogen functional groups attached to an aromatic ring is 1. The van der Waals surface area contributed by atoms with Gasteiger partial charge in [-0.05, 0) is 82.7 Å². The number of likely N-dealkylation sites (N-methyl/N-ethyl adjacent to an activating group) is 1. The highest BCUT2D eigenvalue weighted by Crippen LogP contribution is 2.54. The van der Waals surface area contributed by atoms with Crippen LogP contribution in [0, 0.1) is 17.1 Å². The molecule has 3 aliphatic rings. The first kappa shape index (κ1) is 22.9. The number of benzene rings is 1. The summed E-state index contributed by atoms with van der Waals surface area (Å²) in [4.78, 5) is 11.4. The van der Waals surface area contributed by atoms with Gasteiger partial charge in [0.2, 0.25) is 17.5 Å². The molecule has 1 fully saturated rings. The van der Waals surface area contributed by atoms with Crippen molar-refractivity contribution in [2.24, 2.45) is 0 Å². The number of aromatic nitrogens is 3. The predicted octanol–water partition coefficient (Wildman–Crippen LogP) is 4.15. The molecule has 8 nitrogen and oxygen atoms in total. The molecule has 2 aromatic heterocycles. The van der Waals surface area contributed by atoms with Crippen LogP contribution in [0.4, 0.5) is 10.1 Å². The number of rotatable bonds is 4. The molecule has 1 aliphatic heterocycles. The lowest BCUT2D eigenvalue weighted by Gasteiger charge is -2.33. The first-order valence-corrected chi connectivity index (χ1v) is 12.6. The van der Waals surface area contributed by atoms with E-state index in [9.17, 15) is 9.65 Å². The van der Waals surface area contributed by atoms with Crippen LogP contribution in [-0.2, 0) is 18.3 Å². The molecule has 186 valence electrons. The third kappa shape index (κ3) is 3.39. The van der Waals surface area contributed by atoms with Gasteiger partial charge < -0.3 is 15.0 Å². The highest BCUT2D eigenvalue weighted by atomic mass is 19.1. The first-order valence-electron chi connectivity index (χ1n) is 12.6. The lowest BCUT2D eigenvalue weighted by Crippen LogP contribution is -2.38. The number of fused-ring (bicyclic) bond motifs is 4. The van der Waals surface area contributed by atoms with Crippen molar-refractivity contribution in [1.82, 2.24) is 20.0 Å². The number of anilines is 1. The van der Waals surface area contributed by atoms with E-state index in [1.807, 2.05) is 0 Å². The summed E-state index contributed by atoms with van der Waals surface area (Å²) in [6, 6.07) is 5.60. The largest absolute Gasteiger partial charge is 0.473 e. The maximum absolute atomic E-state index is 14.9. The Morgan fingerprint density at radius 3 is 2.94 bits per heavy atom. The molecular formula is C27H29FN6O2. The van der Waals surface area contributed by atoms with Gasteiger partial charge in [0.05, 0.1) is 16.9 Å². The van der Waals surface area contributed by atoms with Crippen molar-refractivity contribution in [3.8, 4) is 23.5 Å². The summed E-state index contributed by atoms with van der Waals surface area (Å²) >= 11 is 0. The maximum atomic E-state index is 14.9. The van der Waals surface area contributed by atoms with Crippen molar-refractivity contribution in [3.05, 3.63) is 52.1 Å². The summed E-state index contributed by atoms with van der Waals surface area (Å²) in [6.45, 7) is 3.15. The molecular weight excluding hydrogens is 459 g/mol. The summed E-state index contributed by atoms with van der Waals surface area (Å²) in [5.74, 6) is 1.07. The van der Waals surface area contributed by atoms with Gasteiger partial charge in [0.15, 0.2) is 0 Å². The Hall–Kier alpha value is -3.51. The fraction of sp³-hybridized carbons (Fsp3) is 0.481. The second kappa shape index (κ2) is 8.56. The summed E-state index contributed by atoms with van der Waals surface area (Å²) in [6.07, 6.45) is 7.48. The summed E-state index contributed by atoms with van der Waals surface area (Å²) in [5, 5.41) is 14.4. The van der Waals surface area contributed by atoms with Crippen LogP contribution < -0.4 is 10.5 Å². The quantitative estimate of drug-likeness (QED) is 0.545. The Labute approximate surface area is 209 Å². The molecule has 2 aliphatic carbocycles. The van der Waals surface area contributed by atoms with E-state index in [0.717, 1.165) is 43.5 Å². The maximum Gasteiger partial charge on any atom is 0.217 e. The minimum atomic E-state index is -0.596. The van der Waals surface area contributed by atoms with Crippen molar-refractivity contribution >= 4 is 5.69 Å². The number of hydrogen-bond acceptors (Lipinski definition) is 8. The molecule has 36 heavy (non-hydrogen) atoms. The molecule has 3 unspecified atom stereocenters. The zero-order valence-electron chi connectivity index (χ0n) is 20.6. The Morgan fingerprint density at radius 1 is 1.31 bits per heavy atom. The number of halogens is 1. The number of hydrogen-bond donors (Lipinski definition) is 1. The van der Waals surface area contributed by atoms with E-state index in [1.165, 1.54) is 12.5 Å². The Bertz CT molecular complexity index is 1380. The van der Waals surface area contributed by atoms with Crippen LogP contribution in [-0.4, -0.2) is 45.8 Å².